The molecule has 6 heteroatoms. The molecule has 0 atom stereocenters. The monoisotopic (exact) mass is 360 g/mol. The van der Waals surface area contributed by atoms with E-state index in [-0.39, 0.29) is 5.91 Å². The molecule has 0 unspecified atom stereocenters. The summed E-state index contributed by atoms with van der Waals surface area (Å²) >= 11 is 12.0. The van der Waals surface area contributed by atoms with Crippen LogP contribution in [0.1, 0.15) is 21.8 Å². The van der Waals surface area contributed by atoms with Crippen LogP contribution in [0.3, 0.4) is 0 Å². The van der Waals surface area contributed by atoms with Gasteiger partial charge in [0.1, 0.15) is 5.76 Å². The summed E-state index contributed by atoms with van der Waals surface area (Å²) in [5.74, 6) is 0.523. The zero-order valence-corrected chi connectivity index (χ0v) is 14.2. The van der Waals surface area contributed by atoms with E-state index in [1.807, 2.05) is 24.3 Å². The molecule has 2 heterocycles. The molecule has 3 aromatic rings. The van der Waals surface area contributed by atoms with Crippen LogP contribution in [-0.4, -0.2) is 15.8 Å². The lowest BCUT2D eigenvalue weighted by Gasteiger charge is -2.21. The Labute approximate surface area is 149 Å². The molecule has 0 aliphatic carbocycles. The predicted molar refractivity (Wildman–Crippen MR) is 93.0 cm³/mol. The smallest absolute Gasteiger partial charge is 0.254 e. The number of hydrogen-bond acceptors (Lipinski definition) is 3. The summed E-state index contributed by atoms with van der Waals surface area (Å²) in [6, 6.07) is 14.0. The first kappa shape index (κ1) is 16.6. The second kappa shape index (κ2) is 7.51. The van der Waals surface area contributed by atoms with Crippen molar-refractivity contribution < 1.29 is 9.21 Å². The maximum absolute atomic E-state index is 12.9. The van der Waals surface area contributed by atoms with Gasteiger partial charge in [-0.05, 0) is 42.5 Å². The van der Waals surface area contributed by atoms with Gasteiger partial charge in [-0.1, -0.05) is 29.3 Å². The van der Waals surface area contributed by atoms with E-state index < -0.39 is 0 Å². The van der Waals surface area contributed by atoms with E-state index in [0.29, 0.717) is 34.5 Å². The van der Waals surface area contributed by atoms with Crippen LogP contribution in [0.25, 0.3) is 0 Å². The second-order valence-corrected chi connectivity index (χ2v) is 6.00. The summed E-state index contributed by atoms with van der Waals surface area (Å²) in [6.07, 6.45) is 3.28. The first-order valence-corrected chi connectivity index (χ1v) is 8.05. The van der Waals surface area contributed by atoms with Crippen LogP contribution in [0.15, 0.2) is 65.4 Å². The molecule has 24 heavy (non-hydrogen) atoms. The molecular weight excluding hydrogens is 347 g/mol. The van der Waals surface area contributed by atoms with Gasteiger partial charge in [0.05, 0.1) is 35.1 Å². The van der Waals surface area contributed by atoms with E-state index in [4.69, 9.17) is 27.6 Å². The summed E-state index contributed by atoms with van der Waals surface area (Å²) in [5, 5.41) is 0.758. The Morgan fingerprint density at radius 1 is 1.04 bits per heavy atom. The first-order valence-electron chi connectivity index (χ1n) is 7.30. The molecule has 0 radical (unpaired) electrons. The van der Waals surface area contributed by atoms with Gasteiger partial charge in [0.25, 0.3) is 5.91 Å². The Balaban J connectivity index is 1.87. The van der Waals surface area contributed by atoms with Crippen LogP contribution in [0.4, 0.5) is 0 Å². The SMILES string of the molecule is O=C(c1ccc(Cl)c(Cl)c1)N(Cc1ccccn1)Cc1ccco1. The van der Waals surface area contributed by atoms with Gasteiger partial charge in [-0.15, -0.1) is 0 Å². The number of carbonyl (C=O) groups is 1. The number of nitrogens with zero attached hydrogens (tertiary/aromatic N) is 2. The van der Waals surface area contributed by atoms with Crippen molar-refractivity contribution in [3.05, 3.63) is 88.1 Å². The molecule has 0 bridgehead atoms. The van der Waals surface area contributed by atoms with Gasteiger partial charge in [-0.25, -0.2) is 0 Å². The molecule has 0 aliphatic heterocycles. The highest BCUT2D eigenvalue weighted by atomic mass is 35.5. The number of carbonyl (C=O) groups excluding carboxylic acids is 1. The second-order valence-electron chi connectivity index (χ2n) is 5.19. The average Bonchev–Trinajstić information content (AvgIpc) is 3.10. The molecule has 0 spiro atoms. The third-order valence-electron chi connectivity index (χ3n) is 3.46. The molecule has 0 fully saturated rings. The van der Waals surface area contributed by atoms with Gasteiger partial charge in [0.15, 0.2) is 0 Å². The maximum Gasteiger partial charge on any atom is 0.254 e. The predicted octanol–water partition coefficient (Wildman–Crippen LogP) is 4.82. The average molecular weight is 361 g/mol. The highest BCUT2D eigenvalue weighted by molar-refractivity contribution is 6.42. The molecule has 3 rings (SSSR count). The zero-order valence-electron chi connectivity index (χ0n) is 12.7. The van der Waals surface area contributed by atoms with E-state index >= 15 is 0 Å². The molecule has 122 valence electrons. The summed E-state index contributed by atoms with van der Waals surface area (Å²) in [4.78, 5) is 18.8. The number of furan rings is 1. The van der Waals surface area contributed by atoms with Crippen molar-refractivity contribution in [1.29, 1.82) is 0 Å². The third-order valence-corrected chi connectivity index (χ3v) is 4.20. The molecular formula is C18H14Cl2N2O2. The third kappa shape index (κ3) is 3.96. The molecule has 0 saturated carbocycles. The largest absolute Gasteiger partial charge is 0.467 e. The molecule has 1 amide bonds. The Morgan fingerprint density at radius 2 is 1.92 bits per heavy atom. The topological polar surface area (TPSA) is 46.3 Å². The minimum absolute atomic E-state index is 0.171. The van der Waals surface area contributed by atoms with Crippen LogP contribution in [0.2, 0.25) is 10.0 Å². The van der Waals surface area contributed by atoms with Crippen molar-refractivity contribution in [1.82, 2.24) is 9.88 Å². The standard InChI is InChI=1S/C18H14Cl2N2O2/c19-16-7-6-13(10-17(16)20)18(23)22(12-15-5-3-9-24-15)11-14-4-1-2-8-21-14/h1-10H,11-12H2. The van der Waals surface area contributed by atoms with Crippen LogP contribution in [0, 0.1) is 0 Å². The Hall–Kier alpha value is -2.30. The highest BCUT2D eigenvalue weighted by Gasteiger charge is 2.19. The molecule has 4 nitrogen and oxygen atoms in total. The van der Waals surface area contributed by atoms with Gasteiger partial charge in [0, 0.05) is 11.8 Å². The van der Waals surface area contributed by atoms with Gasteiger partial charge in [0.2, 0.25) is 0 Å². The number of benzene rings is 1. The van der Waals surface area contributed by atoms with Crippen LogP contribution in [-0.2, 0) is 13.1 Å². The Bertz CT molecular complexity index is 820. The fraction of sp³-hybridized carbons (Fsp3) is 0.111. The van der Waals surface area contributed by atoms with Crippen molar-refractivity contribution in [3.8, 4) is 0 Å². The summed E-state index contributed by atoms with van der Waals surface area (Å²) in [6.45, 7) is 0.698. The summed E-state index contributed by atoms with van der Waals surface area (Å²) in [7, 11) is 0. The minimum Gasteiger partial charge on any atom is -0.467 e. The van der Waals surface area contributed by atoms with Crippen LogP contribution < -0.4 is 0 Å². The van der Waals surface area contributed by atoms with E-state index in [2.05, 4.69) is 4.98 Å². The van der Waals surface area contributed by atoms with Gasteiger partial charge in [-0.2, -0.15) is 0 Å². The van der Waals surface area contributed by atoms with Crippen LogP contribution in [0.5, 0.6) is 0 Å². The first-order chi connectivity index (χ1) is 11.6. The fourth-order valence-electron chi connectivity index (χ4n) is 2.29. The number of amides is 1. The van der Waals surface area contributed by atoms with Crippen molar-refractivity contribution >= 4 is 29.1 Å². The minimum atomic E-state index is -0.171. The number of rotatable bonds is 5. The van der Waals surface area contributed by atoms with Gasteiger partial charge in [-0.3, -0.25) is 9.78 Å². The lowest BCUT2D eigenvalue weighted by atomic mass is 10.2. The van der Waals surface area contributed by atoms with Crippen molar-refractivity contribution in [3.63, 3.8) is 0 Å². The number of pyridine rings is 1. The van der Waals surface area contributed by atoms with E-state index in [1.54, 1.807) is 41.6 Å². The molecule has 0 saturated heterocycles. The van der Waals surface area contributed by atoms with Crippen molar-refractivity contribution in [2.75, 3.05) is 0 Å². The van der Waals surface area contributed by atoms with Gasteiger partial charge < -0.3 is 9.32 Å². The van der Waals surface area contributed by atoms with Crippen LogP contribution >= 0.6 is 23.2 Å². The Morgan fingerprint density at radius 3 is 2.58 bits per heavy atom. The van der Waals surface area contributed by atoms with E-state index in [1.165, 1.54) is 0 Å². The lowest BCUT2D eigenvalue weighted by molar-refractivity contribution is 0.0715. The van der Waals surface area contributed by atoms with Gasteiger partial charge >= 0.3 is 0 Å². The lowest BCUT2D eigenvalue weighted by Crippen LogP contribution is -2.30. The number of hydrogen-bond donors (Lipinski definition) is 0. The number of halogens is 2. The normalized spacial score (nSPS) is 10.6. The molecule has 0 aliphatic rings. The quantitative estimate of drug-likeness (QED) is 0.654. The molecule has 1 aromatic carbocycles. The molecule has 0 N–H and O–H groups in total. The van der Waals surface area contributed by atoms with E-state index in [9.17, 15) is 4.79 Å². The van der Waals surface area contributed by atoms with E-state index in [0.717, 1.165) is 5.69 Å². The maximum atomic E-state index is 12.9. The van der Waals surface area contributed by atoms with Crippen molar-refractivity contribution in [2.45, 2.75) is 13.1 Å². The zero-order chi connectivity index (χ0) is 16.9. The fourth-order valence-corrected chi connectivity index (χ4v) is 2.59. The number of aromatic nitrogens is 1. The summed E-state index contributed by atoms with van der Waals surface area (Å²) < 4.78 is 5.37. The summed E-state index contributed by atoms with van der Waals surface area (Å²) in [5.41, 5.74) is 1.25. The highest BCUT2D eigenvalue weighted by Crippen LogP contribution is 2.24. The Kier molecular flexibility index (Phi) is 5.18. The molecule has 2 aromatic heterocycles. The van der Waals surface area contributed by atoms with Crippen molar-refractivity contribution in [2.24, 2.45) is 0 Å².